The van der Waals surface area contributed by atoms with Gasteiger partial charge in [0.15, 0.2) is 6.61 Å². The molecule has 0 radical (unpaired) electrons. The lowest BCUT2D eigenvalue weighted by molar-refractivity contribution is -0.121. The molecule has 1 aromatic rings. The molecule has 20 heavy (non-hydrogen) atoms. The second kappa shape index (κ2) is 4.79. The molecule has 1 atom stereocenters. The van der Waals surface area contributed by atoms with Gasteiger partial charge in [-0.15, -0.1) is 0 Å². The average molecular weight is 275 g/mol. The Balaban J connectivity index is 1.76. The van der Waals surface area contributed by atoms with E-state index in [-0.39, 0.29) is 18.4 Å². The molecule has 2 aliphatic heterocycles. The van der Waals surface area contributed by atoms with E-state index in [1.54, 1.807) is 18.2 Å². The van der Waals surface area contributed by atoms with Gasteiger partial charge in [-0.25, -0.2) is 0 Å². The van der Waals surface area contributed by atoms with E-state index < -0.39 is 5.54 Å². The van der Waals surface area contributed by atoms with Crippen LogP contribution in [0.5, 0.6) is 5.75 Å². The van der Waals surface area contributed by atoms with Crippen molar-refractivity contribution in [3.63, 3.8) is 0 Å². The third-order valence-electron chi connectivity index (χ3n) is 3.74. The number of carbonyl (C=O) groups excluding carboxylic acids is 2. The van der Waals surface area contributed by atoms with Crippen molar-refractivity contribution >= 4 is 23.2 Å². The fourth-order valence-electron chi connectivity index (χ4n) is 2.52. The smallest absolute Gasteiger partial charge is 0.262 e. The molecule has 1 unspecified atom stereocenters. The largest absolute Gasteiger partial charge is 0.482 e. The Morgan fingerprint density at radius 3 is 3.05 bits per heavy atom. The van der Waals surface area contributed by atoms with E-state index in [1.165, 1.54) is 0 Å². The van der Waals surface area contributed by atoms with Crippen molar-refractivity contribution in [2.24, 2.45) is 0 Å². The summed E-state index contributed by atoms with van der Waals surface area (Å²) in [4.78, 5) is 23.6. The van der Waals surface area contributed by atoms with E-state index >= 15 is 0 Å². The van der Waals surface area contributed by atoms with Crippen molar-refractivity contribution in [2.45, 2.75) is 25.3 Å². The van der Waals surface area contributed by atoms with Crippen LogP contribution in [-0.4, -0.2) is 30.5 Å². The highest BCUT2D eigenvalue weighted by Gasteiger charge is 2.35. The molecular weight excluding hydrogens is 258 g/mol. The van der Waals surface area contributed by atoms with E-state index in [1.807, 2.05) is 6.92 Å². The van der Waals surface area contributed by atoms with Crippen molar-refractivity contribution < 1.29 is 14.3 Å². The maximum absolute atomic E-state index is 12.3. The lowest BCUT2D eigenvalue weighted by atomic mass is 9.99. The number of benzene rings is 1. The van der Waals surface area contributed by atoms with Gasteiger partial charge in [0.05, 0.1) is 11.2 Å². The normalized spacial score (nSPS) is 24.6. The molecule has 0 aliphatic carbocycles. The minimum Gasteiger partial charge on any atom is -0.482 e. The van der Waals surface area contributed by atoms with Crippen LogP contribution in [0.3, 0.4) is 0 Å². The molecule has 0 saturated carbocycles. The molecule has 0 bridgehead atoms. The van der Waals surface area contributed by atoms with Crippen LogP contribution in [0.4, 0.5) is 11.4 Å². The highest BCUT2D eigenvalue weighted by molar-refractivity contribution is 6.00. The summed E-state index contributed by atoms with van der Waals surface area (Å²) in [6, 6.07) is 5.23. The highest BCUT2D eigenvalue weighted by atomic mass is 16.5. The average Bonchev–Trinajstić information content (AvgIpc) is 2.86. The van der Waals surface area contributed by atoms with Crippen molar-refractivity contribution in [2.75, 3.05) is 23.8 Å². The first-order valence-electron chi connectivity index (χ1n) is 6.70. The minimum absolute atomic E-state index is 0.0285. The summed E-state index contributed by atoms with van der Waals surface area (Å²) in [6.45, 7) is 2.79. The van der Waals surface area contributed by atoms with Gasteiger partial charge in [-0.1, -0.05) is 0 Å². The third-order valence-corrected chi connectivity index (χ3v) is 3.74. The van der Waals surface area contributed by atoms with Crippen LogP contribution in [0.1, 0.15) is 19.8 Å². The molecule has 2 heterocycles. The molecule has 1 aromatic carbocycles. The Labute approximate surface area is 116 Å². The lowest BCUT2D eigenvalue weighted by Gasteiger charge is -2.24. The zero-order valence-electron chi connectivity index (χ0n) is 11.3. The maximum atomic E-state index is 12.3. The summed E-state index contributed by atoms with van der Waals surface area (Å²) in [5.74, 6) is 0.371. The molecule has 1 fully saturated rings. The number of nitrogens with one attached hydrogen (secondary N) is 3. The highest BCUT2D eigenvalue weighted by Crippen LogP contribution is 2.31. The molecule has 6 heteroatoms. The predicted molar refractivity (Wildman–Crippen MR) is 74.8 cm³/mol. The van der Waals surface area contributed by atoms with Crippen LogP contribution in [0.2, 0.25) is 0 Å². The van der Waals surface area contributed by atoms with Gasteiger partial charge in [0.1, 0.15) is 5.75 Å². The van der Waals surface area contributed by atoms with Crippen molar-refractivity contribution in [3.05, 3.63) is 18.2 Å². The quantitative estimate of drug-likeness (QED) is 0.755. The van der Waals surface area contributed by atoms with Crippen LogP contribution in [0.25, 0.3) is 0 Å². The number of fused-ring (bicyclic) bond motifs is 1. The first-order chi connectivity index (χ1) is 9.57. The molecule has 0 spiro atoms. The fraction of sp³-hybridized carbons (Fsp3) is 0.429. The van der Waals surface area contributed by atoms with Crippen LogP contribution in [0, 0.1) is 0 Å². The van der Waals surface area contributed by atoms with E-state index in [0.717, 1.165) is 19.4 Å². The zero-order chi connectivity index (χ0) is 14.2. The van der Waals surface area contributed by atoms with Crippen LogP contribution >= 0.6 is 0 Å². The second-order valence-electron chi connectivity index (χ2n) is 5.36. The lowest BCUT2D eigenvalue weighted by Crippen LogP contribution is -2.47. The van der Waals surface area contributed by atoms with Gasteiger partial charge in [0, 0.05) is 5.69 Å². The van der Waals surface area contributed by atoms with Gasteiger partial charge in [-0.05, 0) is 44.5 Å². The fourth-order valence-corrected chi connectivity index (χ4v) is 2.52. The molecular formula is C14H17N3O3. The number of hydrogen-bond acceptors (Lipinski definition) is 4. The van der Waals surface area contributed by atoms with Crippen molar-refractivity contribution in [3.8, 4) is 5.75 Å². The summed E-state index contributed by atoms with van der Waals surface area (Å²) < 4.78 is 5.28. The summed E-state index contributed by atoms with van der Waals surface area (Å²) in [6.07, 6.45) is 1.82. The van der Waals surface area contributed by atoms with Crippen molar-refractivity contribution in [1.29, 1.82) is 0 Å². The molecule has 3 rings (SSSR count). The number of carbonyl (C=O) groups is 2. The Bertz CT molecular complexity index is 565. The minimum atomic E-state index is -0.518. The zero-order valence-corrected chi connectivity index (χ0v) is 11.3. The number of hydrogen-bond donors (Lipinski definition) is 3. The summed E-state index contributed by atoms with van der Waals surface area (Å²) in [5.41, 5.74) is 0.716. The Morgan fingerprint density at radius 2 is 2.30 bits per heavy atom. The molecule has 0 aromatic heterocycles. The predicted octanol–water partition coefficient (Wildman–Crippen LogP) is 1.10. The van der Waals surface area contributed by atoms with Crippen molar-refractivity contribution in [1.82, 2.24) is 5.32 Å². The van der Waals surface area contributed by atoms with E-state index in [0.29, 0.717) is 17.1 Å². The number of ether oxygens (including phenoxy) is 1. The van der Waals surface area contributed by atoms with E-state index in [9.17, 15) is 9.59 Å². The third kappa shape index (κ3) is 2.34. The molecule has 2 aliphatic rings. The van der Waals surface area contributed by atoms with Gasteiger partial charge in [-0.3, -0.25) is 9.59 Å². The van der Waals surface area contributed by atoms with Gasteiger partial charge in [0.2, 0.25) is 5.91 Å². The molecule has 6 nitrogen and oxygen atoms in total. The first kappa shape index (κ1) is 12.9. The first-order valence-corrected chi connectivity index (χ1v) is 6.70. The second-order valence-corrected chi connectivity index (χ2v) is 5.36. The maximum Gasteiger partial charge on any atom is 0.262 e. The molecule has 3 N–H and O–H groups in total. The monoisotopic (exact) mass is 275 g/mol. The molecule has 1 saturated heterocycles. The summed E-state index contributed by atoms with van der Waals surface area (Å²) >= 11 is 0. The SMILES string of the molecule is CC1(C(=O)Nc2ccc3c(c2)NC(=O)CO3)CCCN1. The van der Waals surface area contributed by atoms with Gasteiger partial charge in [-0.2, -0.15) is 0 Å². The number of amides is 2. The van der Waals surface area contributed by atoms with Crippen LogP contribution in [-0.2, 0) is 9.59 Å². The Kier molecular flexibility index (Phi) is 3.10. The van der Waals surface area contributed by atoms with E-state index in [2.05, 4.69) is 16.0 Å². The molecule has 2 amide bonds. The van der Waals surface area contributed by atoms with Crippen LogP contribution in [0.15, 0.2) is 18.2 Å². The summed E-state index contributed by atoms with van der Waals surface area (Å²) in [5, 5.41) is 8.82. The van der Waals surface area contributed by atoms with Gasteiger partial charge in [0.25, 0.3) is 5.91 Å². The molecule has 106 valence electrons. The van der Waals surface area contributed by atoms with Gasteiger partial charge < -0.3 is 20.7 Å². The number of rotatable bonds is 2. The Hall–Kier alpha value is -2.08. The van der Waals surface area contributed by atoms with Crippen LogP contribution < -0.4 is 20.7 Å². The topological polar surface area (TPSA) is 79.5 Å². The Morgan fingerprint density at radius 1 is 1.45 bits per heavy atom. The number of anilines is 2. The standard InChI is InChI=1S/C14H17N3O3/c1-14(5-2-6-15-14)13(19)16-9-3-4-11-10(7-9)17-12(18)8-20-11/h3-4,7,15H,2,5-6,8H2,1H3,(H,16,19)(H,17,18). The van der Waals surface area contributed by atoms with Gasteiger partial charge >= 0.3 is 0 Å². The van der Waals surface area contributed by atoms with E-state index in [4.69, 9.17) is 4.74 Å². The summed E-state index contributed by atoms with van der Waals surface area (Å²) in [7, 11) is 0.